The van der Waals surface area contributed by atoms with Crippen molar-refractivity contribution in [2.24, 2.45) is 5.41 Å². The zero-order chi connectivity index (χ0) is 19.9. The molecule has 1 aliphatic rings. The second kappa shape index (κ2) is 6.60. The minimum absolute atomic E-state index is 0.170. The van der Waals surface area contributed by atoms with Crippen LogP contribution in [-0.2, 0) is 15.0 Å². The molecule has 1 aromatic carbocycles. The Labute approximate surface area is 154 Å². The van der Waals surface area contributed by atoms with Gasteiger partial charge in [0.15, 0.2) is 17.3 Å². The van der Waals surface area contributed by atoms with Crippen LogP contribution in [0.15, 0.2) is 17.7 Å². The number of carbonyl (C=O) groups excluding carboxylic acids is 2. The van der Waals surface area contributed by atoms with E-state index < -0.39 is 11.4 Å². The first-order valence-electron chi connectivity index (χ1n) is 8.51. The van der Waals surface area contributed by atoms with Crippen LogP contribution < -0.4 is 9.47 Å². The second-order valence-corrected chi connectivity index (χ2v) is 8.25. The highest BCUT2D eigenvalue weighted by molar-refractivity contribution is 6.09. The Morgan fingerprint density at radius 3 is 2.27 bits per heavy atom. The molecule has 0 atom stereocenters. The Kier molecular flexibility index (Phi) is 5.01. The smallest absolute Gasteiger partial charge is 0.308 e. The molecule has 138 valence electrons. The van der Waals surface area contributed by atoms with Gasteiger partial charge in [-0.3, -0.25) is 9.59 Å². The number of nitriles is 1. The van der Waals surface area contributed by atoms with Gasteiger partial charge in [0.2, 0.25) is 0 Å². The third-order valence-corrected chi connectivity index (χ3v) is 4.55. The van der Waals surface area contributed by atoms with Crippen molar-refractivity contribution >= 4 is 17.3 Å². The number of ether oxygens (including phenoxy) is 2. The lowest BCUT2D eigenvalue weighted by Crippen LogP contribution is -2.22. The predicted octanol–water partition coefficient (Wildman–Crippen LogP) is 4.19. The van der Waals surface area contributed by atoms with E-state index in [1.165, 1.54) is 14.0 Å². The molecule has 0 radical (unpaired) electrons. The summed E-state index contributed by atoms with van der Waals surface area (Å²) in [6.07, 6.45) is 0.555. The lowest BCUT2D eigenvalue weighted by atomic mass is 9.83. The van der Waals surface area contributed by atoms with Gasteiger partial charge < -0.3 is 9.47 Å². The maximum atomic E-state index is 12.8. The molecule has 0 fully saturated rings. The van der Waals surface area contributed by atoms with E-state index in [9.17, 15) is 14.9 Å². The van der Waals surface area contributed by atoms with Gasteiger partial charge in [-0.2, -0.15) is 5.26 Å². The van der Waals surface area contributed by atoms with Crippen LogP contribution in [0, 0.1) is 16.7 Å². The van der Waals surface area contributed by atoms with Gasteiger partial charge in [-0.05, 0) is 40.7 Å². The van der Waals surface area contributed by atoms with E-state index in [1.807, 2.05) is 6.07 Å². The van der Waals surface area contributed by atoms with Crippen molar-refractivity contribution < 1.29 is 19.1 Å². The first-order chi connectivity index (χ1) is 11.9. The zero-order valence-electron chi connectivity index (χ0n) is 16.4. The third-order valence-electron chi connectivity index (χ3n) is 4.55. The lowest BCUT2D eigenvalue weighted by Gasteiger charge is -2.20. The van der Waals surface area contributed by atoms with Crippen LogP contribution in [0.1, 0.15) is 59.1 Å². The number of methoxy groups -OCH3 is 1. The predicted molar refractivity (Wildman–Crippen MR) is 98.9 cm³/mol. The van der Waals surface area contributed by atoms with E-state index in [2.05, 4.69) is 19.9 Å². The number of fused-ring (bicyclic) bond motifs is 1. The van der Waals surface area contributed by atoms with Gasteiger partial charge in [0.1, 0.15) is 6.07 Å². The number of allylic oxidation sites excluding steroid dienone is 2. The van der Waals surface area contributed by atoms with Gasteiger partial charge in [-0.1, -0.05) is 34.6 Å². The van der Waals surface area contributed by atoms with E-state index in [0.29, 0.717) is 17.7 Å². The molecule has 0 unspecified atom stereocenters. The summed E-state index contributed by atoms with van der Waals surface area (Å²) in [6.45, 7) is 10.8. The Hall–Kier alpha value is -2.61. The van der Waals surface area contributed by atoms with Gasteiger partial charge in [0, 0.05) is 12.3 Å². The Morgan fingerprint density at radius 1 is 1.19 bits per heavy atom. The average Bonchev–Trinajstić information content (AvgIpc) is 2.76. The molecule has 0 bridgehead atoms. The van der Waals surface area contributed by atoms with Crippen LogP contribution in [0.2, 0.25) is 0 Å². The van der Waals surface area contributed by atoms with Crippen molar-refractivity contribution in [2.75, 3.05) is 7.11 Å². The highest BCUT2D eigenvalue weighted by atomic mass is 16.6. The fourth-order valence-corrected chi connectivity index (χ4v) is 3.25. The Balaban J connectivity index is 2.78. The fraction of sp³-hybridized carbons (Fsp3) is 0.476. The summed E-state index contributed by atoms with van der Waals surface area (Å²) in [4.78, 5) is 24.2. The van der Waals surface area contributed by atoms with Crippen LogP contribution in [0.3, 0.4) is 0 Å². The van der Waals surface area contributed by atoms with Crippen molar-refractivity contribution in [1.29, 1.82) is 5.26 Å². The van der Waals surface area contributed by atoms with Gasteiger partial charge >= 0.3 is 5.97 Å². The van der Waals surface area contributed by atoms with Crippen LogP contribution in [0.5, 0.6) is 11.5 Å². The van der Waals surface area contributed by atoms with Crippen molar-refractivity contribution in [3.05, 3.63) is 28.8 Å². The molecule has 0 aromatic heterocycles. The van der Waals surface area contributed by atoms with E-state index in [4.69, 9.17) is 9.47 Å². The number of Topliss-reactive ketones (excluding diaryl/α,β-unsaturated/α-hetero) is 1. The molecule has 26 heavy (non-hydrogen) atoms. The first kappa shape index (κ1) is 19.7. The number of nitrogens with zero attached hydrogens (tertiary/aromatic N) is 1. The number of benzene rings is 1. The summed E-state index contributed by atoms with van der Waals surface area (Å²) >= 11 is 0. The Morgan fingerprint density at radius 2 is 1.81 bits per heavy atom. The summed E-state index contributed by atoms with van der Waals surface area (Å²) in [6, 6.07) is 5.64. The van der Waals surface area contributed by atoms with Crippen LogP contribution >= 0.6 is 0 Å². The molecule has 2 rings (SSSR count). The molecule has 0 spiro atoms. The molecule has 5 heteroatoms. The minimum atomic E-state index is -0.657. The SMILES string of the molecule is COc1cc2c(cc1OC(C)=O)/C(=C(\C#N)C(=O)C(C)(C)C)CC2(C)C. The summed E-state index contributed by atoms with van der Waals surface area (Å²) in [7, 11) is 1.51. The van der Waals surface area contributed by atoms with Gasteiger partial charge in [0.25, 0.3) is 0 Å². The summed E-state index contributed by atoms with van der Waals surface area (Å²) in [5.74, 6) is 0.0872. The number of esters is 1. The molecule has 0 aliphatic heterocycles. The third kappa shape index (κ3) is 3.50. The number of ketones is 1. The van der Waals surface area contributed by atoms with Gasteiger partial charge in [-0.25, -0.2) is 0 Å². The minimum Gasteiger partial charge on any atom is -0.493 e. The van der Waals surface area contributed by atoms with Gasteiger partial charge in [0.05, 0.1) is 12.7 Å². The normalized spacial score (nSPS) is 17.2. The molecule has 0 amide bonds. The molecule has 1 aromatic rings. The van der Waals surface area contributed by atoms with E-state index >= 15 is 0 Å². The molecule has 0 saturated carbocycles. The average molecular weight is 355 g/mol. The molecule has 0 N–H and O–H groups in total. The molecule has 0 saturated heterocycles. The van der Waals surface area contributed by atoms with Crippen LogP contribution in [-0.4, -0.2) is 18.9 Å². The Bertz CT molecular complexity index is 848. The quantitative estimate of drug-likeness (QED) is 0.352. The topological polar surface area (TPSA) is 76.4 Å². The monoisotopic (exact) mass is 355 g/mol. The maximum absolute atomic E-state index is 12.8. The fourth-order valence-electron chi connectivity index (χ4n) is 3.25. The van der Waals surface area contributed by atoms with Crippen molar-refractivity contribution in [2.45, 2.75) is 53.4 Å². The van der Waals surface area contributed by atoms with Crippen molar-refractivity contribution in [3.8, 4) is 17.6 Å². The summed E-state index contributed by atoms with van der Waals surface area (Å²) in [5.41, 5.74) is 1.67. The molecule has 1 aliphatic carbocycles. The van der Waals surface area contributed by atoms with Crippen molar-refractivity contribution in [1.82, 2.24) is 0 Å². The summed E-state index contributed by atoms with van der Waals surface area (Å²) < 4.78 is 10.6. The first-order valence-corrected chi connectivity index (χ1v) is 8.51. The van der Waals surface area contributed by atoms with E-state index in [1.54, 1.807) is 26.8 Å². The number of carbonyl (C=O) groups is 2. The molecular weight excluding hydrogens is 330 g/mol. The highest BCUT2D eigenvalue weighted by Gasteiger charge is 2.39. The number of rotatable bonds is 3. The van der Waals surface area contributed by atoms with E-state index in [0.717, 1.165) is 11.1 Å². The second-order valence-electron chi connectivity index (χ2n) is 8.25. The largest absolute Gasteiger partial charge is 0.493 e. The zero-order valence-corrected chi connectivity index (χ0v) is 16.4. The lowest BCUT2D eigenvalue weighted by molar-refractivity contribution is -0.132. The van der Waals surface area contributed by atoms with Crippen LogP contribution in [0.25, 0.3) is 5.57 Å². The highest BCUT2D eigenvalue weighted by Crippen LogP contribution is 2.50. The number of hydrogen-bond donors (Lipinski definition) is 0. The van der Waals surface area contributed by atoms with Gasteiger partial charge in [-0.15, -0.1) is 0 Å². The summed E-state index contributed by atoms with van der Waals surface area (Å²) in [5, 5.41) is 9.69. The molecule has 0 heterocycles. The molecular formula is C21H25NO4. The van der Waals surface area contributed by atoms with Crippen LogP contribution in [0.4, 0.5) is 0 Å². The van der Waals surface area contributed by atoms with Crippen molar-refractivity contribution in [3.63, 3.8) is 0 Å². The maximum Gasteiger partial charge on any atom is 0.308 e. The van der Waals surface area contributed by atoms with E-state index in [-0.39, 0.29) is 22.5 Å². The standard InChI is InChI=1S/C21H25NO4/c1-12(23)26-18-8-13-14(15(11-22)19(24)20(2,3)4)10-21(5,6)16(13)9-17(18)25-7/h8-9H,10H2,1-7H3/b15-14+. The number of hydrogen-bond acceptors (Lipinski definition) is 5. The molecule has 5 nitrogen and oxygen atoms in total.